The highest BCUT2D eigenvalue weighted by Crippen LogP contribution is 2.42. The van der Waals surface area contributed by atoms with E-state index in [2.05, 4.69) is 46.9 Å². The van der Waals surface area contributed by atoms with Gasteiger partial charge in [-0.1, -0.05) is 86.1 Å². The van der Waals surface area contributed by atoms with E-state index in [1.54, 1.807) is 30.3 Å². The molecular weight excluding hydrogens is 826 g/mol. The summed E-state index contributed by atoms with van der Waals surface area (Å²) in [5.41, 5.74) is 0.483. The normalized spacial score (nSPS) is 11.6. The van der Waals surface area contributed by atoms with Gasteiger partial charge in [0.25, 0.3) is 0 Å². The first-order valence-corrected chi connectivity index (χ1v) is 23.0. The molecule has 1 unspecified atom stereocenters. The molecule has 0 amide bonds. The zero-order valence-corrected chi connectivity index (χ0v) is 40.3. The van der Waals surface area contributed by atoms with Crippen molar-refractivity contribution in [1.29, 1.82) is 0 Å². The maximum Gasteiger partial charge on any atom is 0.343 e. The molecule has 0 saturated heterocycles. The van der Waals surface area contributed by atoms with Crippen LogP contribution in [0.5, 0.6) is 46.0 Å². The number of benzene rings is 3. The molecule has 0 spiro atoms. The monoisotopic (exact) mass is 902 g/mol. The topological polar surface area (TPSA) is 140 Å². The van der Waals surface area contributed by atoms with Crippen molar-refractivity contribution >= 4 is 24.3 Å². The van der Waals surface area contributed by atoms with E-state index >= 15 is 0 Å². The minimum atomic E-state index is -0.973. The minimum Gasteiger partial charge on any atom is -0.490 e. The summed E-state index contributed by atoms with van der Waals surface area (Å²) in [6.07, 6.45) is 9.47. The molecule has 0 radical (unpaired) electrons. The number of esters is 2. The number of rotatable bonds is 31. The zero-order chi connectivity index (χ0) is 45.3. The Labute approximate surface area is 383 Å². The third kappa shape index (κ3) is 19.1. The molecule has 0 heterocycles. The lowest BCUT2D eigenvalue weighted by Crippen LogP contribution is -2.38. The first-order valence-electron chi connectivity index (χ1n) is 23.0. The molecule has 3 aromatic carbocycles. The van der Waals surface area contributed by atoms with Gasteiger partial charge >= 0.3 is 11.9 Å². The molecule has 1 atom stereocenters. The van der Waals surface area contributed by atoms with E-state index in [0.29, 0.717) is 79.7 Å². The molecular formula is C50H76ClNO11. The van der Waals surface area contributed by atoms with Crippen molar-refractivity contribution in [2.45, 2.75) is 151 Å². The van der Waals surface area contributed by atoms with Crippen LogP contribution in [0.15, 0.2) is 42.5 Å². The van der Waals surface area contributed by atoms with Gasteiger partial charge in [0, 0.05) is 12.1 Å². The largest absolute Gasteiger partial charge is 0.490 e. The third-order valence-electron chi connectivity index (χ3n) is 9.61. The molecule has 0 aliphatic heterocycles. The molecule has 12 nitrogen and oxygen atoms in total. The average molecular weight is 903 g/mol. The van der Waals surface area contributed by atoms with Gasteiger partial charge in [0.1, 0.15) is 0 Å². The van der Waals surface area contributed by atoms with E-state index in [1.807, 2.05) is 20.8 Å². The van der Waals surface area contributed by atoms with Crippen LogP contribution in [0, 0.1) is 0 Å². The Morgan fingerprint density at radius 1 is 0.508 bits per heavy atom. The number of unbranched alkanes of at least 4 members (excludes halogenated alkanes) is 6. The van der Waals surface area contributed by atoms with E-state index in [1.165, 1.54) is 12.1 Å². The first-order chi connectivity index (χ1) is 29.9. The Morgan fingerprint density at radius 2 is 0.841 bits per heavy atom. The van der Waals surface area contributed by atoms with Crippen LogP contribution in [-0.2, 0) is 0 Å². The summed E-state index contributed by atoms with van der Waals surface area (Å²) in [4.78, 5) is 28.4. The third-order valence-corrected chi connectivity index (χ3v) is 9.61. The quantitative estimate of drug-likeness (QED) is 0.0361. The number of β-amino-alcohol motifs (C(OH)–C–C–N with tert-alkyl or cyclic N) is 1. The van der Waals surface area contributed by atoms with Crippen molar-refractivity contribution in [2.75, 3.05) is 46.2 Å². The Kier molecular flexibility index (Phi) is 26.0. The summed E-state index contributed by atoms with van der Waals surface area (Å²) in [5, 5.41) is 14.6. The maximum atomic E-state index is 14.2. The molecule has 13 heteroatoms. The lowest BCUT2D eigenvalue weighted by atomic mass is 10.1. The van der Waals surface area contributed by atoms with Gasteiger partial charge in [-0.25, -0.2) is 9.59 Å². The summed E-state index contributed by atoms with van der Waals surface area (Å²) in [6, 6.07) is 11.0. The first kappa shape index (κ1) is 54.7. The Balaban J connectivity index is 0.0000137. The van der Waals surface area contributed by atoms with Gasteiger partial charge in [-0.15, -0.1) is 12.4 Å². The Morgan fingerprint density at radius 3 is 1.17 bits per heavy atom. The van der Waals surface area contributed by atoms with Gasteiger partial charge in [0.15, 0.2) is 34.5 Å². The molecule has 0 aromatic heterocycles. The molecule has 0 fully saturated rings. The second-order valence-corrected chi connectivity index (χ2v) is 16.4. The predicted octanol–water partition coefficient (Wildman–Crippen LogP) is 12.0. The fraction of sp³-hybridized carbons (Fsp3) is 0.600. The maximum absolute atomic E-state index is 14.2. The molecule has 63 heavy (non-hydrogen) atoms. The highest BCUT2D eigenvalue weighted by atomic mass is 35.5. The van der Waals surface area contributed by atoms with Gasteiger partial charge in [0.2, 0.25) is 11.5 Å². The number of halogens is 1. The van der Waals surface area contributed by atoms with Crippen LogP contribution < -0.4 is 43.2 Å². The molecule has 0 aliphatic carbocycles. The SMILES string of the molecule is CCCCOc1cc(C(=O)Oc2ccc(C(O)CNC(C)(C)C)cc2OC(=O)c2cc(OCCCC)c(OCCCC)c(OCCCC)c2)cc(OCCCC)c1OCCCC.Cl. The second-order valence-electron chi connectivity index (χ2n) is 16.4. The lowest BCUT2D eigenvalue weighted by molar-refractivity contribution is 0.0680. The second kappa shape index (κ2) is 29.9. The molecule has 3 rings (SSSR count). The highest BCUT2D eigenvalue weighted by Gasteiger charge is 2.25. The number of hydrogen-bond donors (Lipinski definition) is 2. The van der Waals surface area contributed by atoms with Crippen LogP contribution >= 0.6 is 12.4 Å². The van der Waals surface area contributed by atoms with Crippen LogP contribution in [0.2, 0.25) is 0 Å². The predicted molar refractivity (Wildman–Crippen MR) is 252 cm³/mol. The Hall–Kier alpha value is -4.39. The number of aliphatic hydroxyl groups excluding tert-OH is 1. The number of carbonyl (C=O) groups excluding carboxylic acids is 2. The van der Waals surface area contributed by atoms with Crippen LogP contribution in [0.25, 0.3) is 0 Å². The van der Waals surface area contributed by atoms with Gasteiger partial charge in [0.05, 0.1) is 56.9 Å². The van der Waals surface area contributed by atoms with E-state index in [-0.39, 0.29) is 47.1 Å². The fourth-order valence-corrected chi connectivity index (χ4v) is 5.78. The summed E-state index contributed by atoms with van der Waals surface area (Å²) in [6.45, 7) is 21.3. The van der Waals surface area contributed by atoms with Crippen molar-refractivity contribution in [1.82, 2.24) is 5.32 Å². The lowest BCUT2D eigenvalue weighted by Gasteiger charge is -2.23. The van der Waals surface area contributed by atoms with Crippen LogP contribution in [-0.4, -0.2) is 68.8 Å². The fourth-order valence-electron chi connectivity index (χ4n) is 5.78. The highest BCUT2D eigenvalue weighted by molar-refractivity contribution is 5.95. The summed E-state index contributed by atoms with van der Waals surface area (Å²) < 4.78 is 49.3. The van der Waals surface area contributed by atoms with E-state index in [9.17, 15) is 14.7 Å². The number of hydrogen-bond acceptors (Lipinski definition) is 12. The van der Waals surface area contributed by atoms with Crippen LogP contribution in [0.1, 0.15) is 172 Å². The van der Waals surface area contributed by atoms with Crippen molar-refractivity contribution in [3.05, 3.63) is 59.2 Å². The van der Waals surface area contributed by atoms with Gasteiger partial charge < -0.3 is 48.3 Å². The van der Waals surface area contributed by atoms with E-state index < -0.39 is 18.0 Å². The van der Waals surface area contributed by atoms with Crippen molar-refractivity contribution in [2.24, 2.45) is 0 Å². The standard InChI is InChI=1S/C50H75NO11.ClH/c1-10-16-24-55-42-31-37(32-43(56-25-17-11-2)46(42)59-28-20-14-5)48(53)61-40-23-22-36(39(52)35-51-50(7,8)9)30-41(40)62-49(54)38-33-44(57-26-18-12-3)47(60-29-21-15-6)45(34-38)58-27-19-13-4;/h22-23,30-34,39,51-52H,10-21,24-29,35H2,1-9H3;1H. The average Bonchev–Trinajstić information content (AvgIpc) is 3.24. The number of aliphatic hydroxyl groups is 1. The van der Waals surface area contributed by atoms with Crippen LogP contribution in [0.3, 0.4) is 0 Å². The smallest absolute Gasteiger partial charge is 0.343 e. The van der Waals surface area contributed by atoms with Gasteiger partial charge in [-0.05, 0) is 101 Å². The van der Waals surface area contributed by atoms with Crippen molar-refractivity contribution < 1.29 is 52.6 Å². The summed E-state index contributed by atoms with van der Waals surface area (Å²) >= 11 is 0. The zero-order valence-electron chi connectivity index (χ0n) is 39.5. The molecule has 3 aromatic rings. The van der Waals surface area contributed by atoms with Gasteiger partial charge in [-0.2, -0.15) is 0 Å². The number of ether oxygens (including phenoxy) is 8. The van der Waals surface area contributed by atoms with Gasteiger partial charge in [-0.3, -0.25) is 0 Å². The van der Waals surface area contributed by atoms with Crippen LogP contribution in [0.4, 0.5) is 0 Å². The minimum absolute atomic E-state index is 0. The molecule has 2 N–H and O–H groups in total. The molecule has 354 valence electrons. The number of carbonyl (C=O) groups is 2. The Bertz CT molecular complexity index is 1730. The molecule has 0 saturated carbocycles. The molecule has 0 bridgehead atoms. The summed E-state index contributed by atoms with van der Waals surface area (Å²) in [7, 11) is 0. The summed E-state index contributed by atoms with van der Waals surface area (Å²) in [5.74, 6) is 0.776. The number of nitrogens with one attached hydrogen (secondary N) is 1. The van der Waals surface area contributed by atoms with Crippen molar-refractivity contribution in [3.8, 4) is 46.0 Å². The van der Waals surface area contributed by atoms with E-state index in [0.717, 1.165) is 77.0 Å². The van der Waals surface area contributed by atoms with E-state index in [4.69, 9.17) is 37.9 Å². The molecule has 0 aliphatic rings. The van der Waals surface area contributed by atoms with Crippen molar-refractivity contribution in [3.63, 3.8) is 0 Å².